The standard InChI is InChI=1S/C20H19ClN4OS/c1-13(19(26)25-12-4-6-14-5-2-3-7-17(14)25)27-20-22-18(23-24-20)15-8-10-16(21)11-9-15/h2-3,5,7-11,13H,4,6,12H2,1H3,(H,22,23,24). The Bertz CT molecular complexity index is 957. The highest BCUT2D eigenvalue weighted by Gasteiger charge is 2.27. The van der Waals surface area contributed by atoms with Crippen molar-refractivity contribution < 1.29 is 4.79 Å². The Balaban J connectivity index is 1.47. The molecule has 1 aliphatic heterocycles. The van der Waals surface area contributed by atoms with Crippen molar-refractivity contribution in [3.05, 3.63) is 59.1 Å². The summed E-state index contributed by atoms with van der Waals surface area (Å²) >= 11 is 7.29. The fourth-order valence-corrected chi connectivity index (χ4v) is 4.14. The molecule has 2 aromatic carbocycles. The molecule has 2 heterocycles. The van der Waals surface area contributed by atoms with E-state index in [1.165, 1.54) is 17.3 Å². The third-order valence-electron chi connectivity index (χ3n) is 4.59. The number of para-hydroxylation sites is 1. The molecule has 0 radical (unpaired) electrons. The van der Waals surface area contributed by atoms with Crippen LogP contribution in [0.1, 0.15) is 18.9 Å². The van der Waals surface area contributed by atoms with Gasteiger partial charge in [0.2, 0.25) is 11.1 Å². The number of rotatable bonds is 4. The molecular weight excluding hydrogens is 380 g/mol. The molecule has 5 nitrogen and oxygen atoms in total. The van der Waals surface area contributed by atoms with Gasteiger partial charge >= 0.3 is 0 Å². The largest absolute Gasteiger partial charge is 0.311 e. The number of anilines is 1. The highest BCUT2D eigenvalue weighted by atomic mass is 35.5. The first kappa shape index (κ1) is 18.1. The molecule has 0 saturated carbocycles. The molecule has 0 aliphatic carbocycles. The first-order valence-electron chi connectivity index (χ1n) is 8.86. The summed E-state index contributed by atoms with van der Waals surface area (Å²) in [5.41, 5.74) is 3.16. The maximum Gasteiger partial charge on any atom is 0.240 e. The van der Waals surface area contributed by atoms with Crippen molar-refractivity contribution in [2.24, 2.45) is 0 Å². The van der Waals surface area contributed by atoms with Crippen LogP contribution in [0.15, 0.2) is 53.7 Å². The lowest BCUT2D eigenvalue weighted by atomic mass is 10.0. The highest BCUT2D eigenvalue weighted by Crippen LogP contribution is 2.30. The number of nitrogens with one attached hydrogen (secondary N) is 1. The predicted molar refractivity (Wildman–Crippen MR) is 109 cm³/mol. The number of hydrogen-bond acceptors (Lipinski definition) is 4. The number of H-pyrrole nitrogens is 1. The Morgan fingerprint density at radius 3 is 2.81 bits per heavy atom. The van der Waals surface area contributed by atoms with Crippen LogP contribution in [0.5, 0.6) is 0 Å². The quantitative estimate of drug-likeness (QED) is 0.653. The highest BCUT2D eigenvalue weighted by molar-refractivity contribution is 8.00. The topological polar surface area (TPSA) is 61.9 Å². The van der Waals surface area contributed by atoms with Gasteiger partial charge in [0.15, 0.2) is 5.82 Å². The van der Waals surface area contributed by atoms with Gasteiger partial charge in [-0.05, 0) is 55.7 Å². The van der Waals surface area contributed by atoms with Gasteiger partial charge in [0, 0.05) is 22.8 Å². The third-order valence-corrected chi connectivity index (χ3v) is 5.79. The van der Waals surface area contributed by atoms with E-state index in [4.69, 9.17) is 11.6 Å². The second-order valence-corrected chi connectivity index (χ2v) is 8.20. The molecule has 1 aliphatic rings. The Hall–Kier alpha value is -2.31. The number of halogens is 1. The summed E-state index contributed by atoms with van der Waals surface area (Å²) in [6, 6.07) is 15.5. The summed E-state index contributed by atoms with van der Waals surface area (Å²) in [5.74, 6) is 0.752. The number of carbonyl (C=O) groups excluding carboxylic acids is 1. The van der Waals surface area contributed by atoms with E-state index in [1.54, 1.807) is 0 Å². The van der Waals surface area contributed by atoms with Gasteiger partial charge in [-0.1, -0.05) is 41.6 Å². The molecule has 1 aromatic heterocycles. The van der Waals surface area contributed by atoms with Crippen molar-refractivity contribution in [3.63, 3.8) is 0 Å². The predicted octanol–water partition coefficient (Wildman–Crippen LogP) is 4.59. The average Bonchev–Trinajstić information content (AvgIpc) is 3.16. The molecule has 0 saturated heterocycles. The lowest BCUT2D eigenvalue weighted by Crippen LogP contribution is -2.40. The van der Waals surface area contributed by atoms with Crippen LogP contribution in [-0.2, 0) is 11.2 Å². The van der Waals surface area contributed by atoms with Crippen molar-refractivity contribution in [3.8, 4) is 11.4 Å². The molecule has 7 heteroatoms. The van der Waals surface area contributed by atoms with Crippen LogP contribution in [0, 0.1) is 0 Å². The van der Waals surface area contributed by atoms with Crippen molar-refractivity contribution in [1.82, 2.24) is 15.2 Å². The van der Waals surface area contributed by atoms with Crippen molar-refractivity contribution >= 4 is 35.0 Å². The minimum Gasteiger partial charge on any atom is -0.311 e. The van der Waals surface area contributed by atoms with E-state index < -0.39 is 0 Å². The Morgan fingerprint density at radius 2 is 2.00 bits per heavy atom. The number of aryl methyl sites for hydroxylation is 1. The zero-order valence-corrected chi connectivity index (χ0v) is 16.4. The second-order valence-electron chi connectivity index (χ2n) is 6.46. The van der Waals surface area contributed by atoms with Crippen LogP contribution >= 0.6 is 23.4 Å². The van der Waals surface area contributed by atoms with E-state index in [9.17, 15) is 4.79 Å². The first-order valence-corrected chi connectivity index (χ1v) is 10.1. The molecule has 1 unspecified atom stereocenters. The number of amides is 1. The Labute approximate surface area is 167 Å². The number of aromatic nitrogens is 3. The second kappa shape index (κ2) is 7.74. The molecule has 3 aromatic rings. The zero-order chi connectivity index (χ0) is 18.8. The molecule has 0 spiro atoms. The van der Waals surface area contributed by atoms with Gasteiger partial charge in [-0.3, -0.25) is 9.89 Å². The molecule has 0 bridgehead atoms. The van der Waals surface area contributed by atoms with Crippen LogP contribution < -0.4 is 4.90 Å². The van der Waals surface area contributed by atoms with Crippen LogP contribution in [0.25, 0.3) is 11.4 Å². The van der Waals surface area contributed by atoms with Gasteiger partial charge < -0.3 is 4.90 Å². The number of nitrogens with zero attached hydrogens (tertiary/aromatic N) is 3. The monoisotopic (exact) mass is 398 g/mol. The Morgan fingerprint density at radius 1 is 1.22 bits per heavy atom. The van der Waals surface area contributed by atoms with Crippen molar-refractivity contribution in [2.75, 3.05) is 11.4 Å². The lowest BCUT2D eigenvalue weighted by Gasteiger charge is -2.31. The number of thioether (sulfide) groups is 1. The summed E-state index contributed by atoms with van der Waals surface area (Å²) in [7, 11) is 0. The minimum absolute atomic E-state index is 0.0880. The van der Waals surface area contributed by atoms with Gasteiger partial charge in [-0.2, -0.15) is 0 Å². The van der Waals surface area contributed by atoms with Gasteiger partial charge in [-0.25, -0.2) is 4.98 Å². The molecule has 27 heavy (non-hydrogen) atoms. The molecule has 1 atom stereocenters. The average molecular weight is 399 g/mol. The van der Waals surface area contributed by atoms with E-state index in [1.807, 2.05) is 54.3 Å². The van der Waals surface area contributed by atoms with Gasteiger partial charge in [0.05, 0.1) is 5.25 Å². The van der Waals surface area contributed by atoms with Crippen LogP contribution in [0.2, 0.25) is 5.02 Å². The van der Waals surface area contributed by atoms with E-state index in [0.717, 1.165) is 30.6 Å². The number of aromatic amines is 1. The SMILES string of the molecule is CC(Sc1n[nH]c(-c2ccc(Cl)cc2)n1)C(=O)N1CCCc2ccccc21. The first-order chi connectivity index (χ1) is 13.1. The van der Waals surface area contributed by atoms with Gasteiger partial charge in [0.25, 0.3) is 0 Å². The summed E-state index contributed by atoms with van der Waals surface area (Å²) in [6.45, 7) is 2.66. The number of fused-ring (bicyclic) bond motifs is 1. The Kier molecular flexibility index (Phi) is 5.18. The number of carbonyl (C=O) groups is 1. The maximum atomic E-state index is 13.0. The van der Waals surface area contributed by atoms with Crippen LogP contribution in [-0.4, -0.2) is 32.9 Å². The smallest absolute Gasteiger partial charge is 0.240 e. The van der Waals surface area contributed by atoms with E-state index >= 15 is 0 Å². The summed E-state index contributed by atoms with van der Waals surface area (Å²) < 4.78 is 0. The third kappa shape index (κ3) is 3.87. The van der Waals surface area contributed by atoms with E-state index in [2.05, 4.69) is 21.2 Å². The lowest BCUT2D eigenvalue weighted by molar-refractivity contribution is -0.117. The molecule has 4 rings (SSSR count). The van der Waals surface area contributed by atoms with E-state index in [-0.39, 0.29) is 11.2 Å². The molecule has 1 N–H and O–H groups in total. The van der Waals surface area contributed by atoms with Crippen molar-refractivity contribution in [2.45, 2.75) is 30.2 Å². The summed E-state index contributed by atoms with van der Waals surface area (Å²) in [6.07, 6.45) is 2.01. The summed E-state index contributed by atoms with van der Waals surface area (Å²) in [5, 5.41) is 8.14. The van der Waals surface area contributed by atoms with Gasteiger partial charge in [-0.15, -0.1) is 5.10 Å². The normalized spacial score (nSPS) is 14.7. The van der Waals surface area contributed by atoms with Gasteiger partial charge in [0.1, 0.15) is 0 Å². The zero-order valence-electron chi connectivity index (χ0n) is 14.9. The molecular formula is C20H19ClN4OS. The fraction of sp³-hybridized carbons (Fsp3) is 0.250. The number of benzene rings is 2. The van der Waals surface area contributed by atoms with Crippen LogP contribution in [0.4, 0.5) is 5.69 Å². The van der Waals surface area contributed by atoms with Crippen LogP contribution in [0.3, 0.4) is 0 Å². The fourth-order valence-electron chi connectivity index (χ4n) is 3.23. The molecule has 0 fully saturated rings. The summed E-state index contributed by atoms with van der Waals surface area (Å²) in [4.78, 5) is 19.4. The maximum absolute atomic E-state index is 13.0. The molecule has 138 valence electrons. The minimum atomic E-state index is -0.273. The molecule has 1 amide bonds. The van der Waals surface area contributed by atoms with Crippen molar-refractivity contribution in [1.29, 1.82) is 0 Å². The number of hydrogen-bond donors (Lipinski definition) is 1. The van der Waals surface area contributed by atoms with E-state index in [0.29, 0.717) is 16.0 Å².